The van der Waals surface area contributed by atoms with E-state index in [1.54, 1.807) is 4.68 Å². The van der Waals surface area contributed by atoms with Crippen molar-refractivity contribution in [1.29, 1.82) is 0 Å². The van der Waals surface area contributed by atoms with Gasteiger partial charge in [-0.1, -0.05) is 30.3 Å². The van der Waals surface area contributed by atoms with E-state index in [1.165, 1.54) is 0 Å². The zero-order valence-corrected chi connectivity index (χ0v) is 12.2. The number of amides is 2. The van der Waals surface area contributed by atoms with Crippen molar-refractivity contribution in [2.75, 3.05) is 10.6 Å². The molecule has 2 amide bonds. The number of aromatic nitrogens is 2. The van der Waals surface area contributed by atoms with Crippen molar-refractivity contribution in [2.45, 2.75) is 0 Å². The number of rotatable bonds is 3. The lowest BCUT2D eigenvalue weighted by molar-refractivity contribution is 0.262. The molecule has 1 aromatic heterocycles. The van der Waals surface area contributed by atoms with Crippen LogP contribution in [0, 0.1) is 0 Å². The van der Waals surface area contributed by atoms with E-state index in [-0.39, 0.29) is 6.03 Å². The summed E-state index contributed by atoms with van der Waals surface area (Å²) in [4.78, 5) is 12.0. The third-order valence-electron chi connectivity index (χ3n) is 3.16. The normalized spacial score (nSPS) is 10.2. The number of carbonyl (C=O) groups excluding carboxylic acids is 1. The Bertz CT molecular complexity index is 780. The monoisotopic (exact) mass is 292 g/mol. The number of hydrogen-bond acceptors (Lipinski definition) is 2. The molecular weight excluding hydrogens is 276 g/mol. The van der Waals surface area contributed by atoms with Crippen molar-refractivity contribution in [1.82, 2.24) is 9.78 Å². The SMILES string of the molecule is Cn1ccc(-c2cccc(NC(=O)Nc3ccccc3)c2)n1. The summed E-state index contributed by atoms with van der Waals surface area (Å²) in [5.41, 5.74) is 3.30. The van der Waals surface area contributed by atoms with E-state index in [2.05, 4.69) is 15.7 Å². The molecule has 0 saturated carbocycles. The molecule has 22 heavy (non-hydrogen) atoms. The van der Waals surface area contributed by atoms with Gasteiger partial charge in [-0.05, 0) is 30.3 Å². The Kier molecular flexibility index (Phi) is 3.87. The summed E-state index contributed by atoms with van der Waals surface area (Å²) in [6, 6.07) is 18.6. The van der Waals surface area contributed by atoms with Gasteiger partial charge in [0, 0.05) is 30.2 Å². The van der Waals surface area contributed by atoms with Crippen LogP contribution in [0.15, 0.2) is 66.9 Å². The first-order chi connectivity index (χ1) is 10.7. The van der Waals surface area contributed by atoms with Crippen LogP contribution in [0.2, 0.25) is 0 Å². The van der Waals surface area contributed by atoms with Gasteiger partial charge >= 0.3 is 6.03 Å². The minimum atomic E-state index is -0.274. The van der Waals surface area contributed by atoms with Crippen LogP contribution >= 0.6 is 0 Å². The van der Waals surface area contributed by atoms with Crippen molar-refractivity contribution in [3.8, 4) is 11.3 Å². The van der Waals surface area contributed by atoms with Gasteiger partial charge in [0.2, 0.25) is 0 Å². The zero-order valence-electron chi connectivity index (χ0n) is 12.2. The van der Waals surface area contributed by atoms with Gasteiger partial charge in [0.25, 0.3) is 0 Å². The Labute approximate surface area is 128 Å². The molecule has 0 unspecified atom stereocenters. The third-order valence-corrected chi connectivity index (χ3v) is 3.16. The van der Waals surface area contributed by atoms with E-state index in [0.29, 0.717) is 0 Å². The molecule has 2 N–H and O–H groups in total. The minimum absolute atomic E-state index is 0.274. The van der Waals surface area contributed by atoms with Gasteiger partial charge in [-0.15, -0.1) is 0 Å². The molecule has 110 valence electrons. The average molecular weight is 292 g/mol. The minimum Gasteiger partial charge on any atom is -0.308 e. The lowest BCUT2D eigenvalue weighted by Crippen LogP contribution is -2.19. The second-order valence-corrected chi connectivity index (χ2v) is 4.90. The van der Waals surface area contributed by atoms with Crippen LogP contribution in [0.4, 0.5) is 16.2 Å². The Morgan fingerprint density at radius 2 is 1.68 bits per heavy atom. The van der Waals surface area contributed by atoms with Crippen LogP contribution in [-0.2, 0) is 7.05 Å². The number of anilines is 2. The largest absolute Gasteiger partial charge is 0.323 e. The molecule has 2 aromatic carbocycles. The molecule has 0 spiro atoms. The topological polar surface area (TPSA) is 59.0 Å². The Hall–Kier alpha value is -3.08. The Balaban J connectivity index is 1.71. The van der Waals surface area contributed by atoms with Crippen LogP contribution < -0.4 is 10.6 Å². The predicted molar refractivity (Wildman–Crippen MR) is 87.7 cm³/mol. The van der Waals surface area contributed by atoms with E-state index in [1.807, 2.05) is 73.9 Å². The number of nitrogens with zero attached hydrogens (tertiary/aromatic N) is 2. The Morgan fingerprint density at radius 3 is 2.41 bits per heavy atom. The summed E-state index contributed by atoms with van der Waals surface area (Å²) in [7, 11) is 1.87. The highest BCUT2D eigenvalue weighted by atomic mass is 16.2. The maximum absolute atomic E-state index is 12.0. The van der Waals surface area contributed by atoms with Crippen molar-refractivity contribution >= 4 is 17.4 Å². The molecule has 0 fully saturated rings. The summed E-state index contributed by atoms with van der Waals surface area (Å²) in [6.45, 7) is 0. The molecule has 0 aliphatic heterocycles. The predicted octanol–water partition coefficient (Wildman–Crippen LogP) is 3.73. The summed E-state index contributed by atoms with van der Waals surface area (Å²) < 4.78 is 1.75. The fourth-order valence-corrected chi connectivity index (χ4v) is 2.14. The van der Waals surface area contributed by atoms with E-state index in [9.17, 15) is 4.79 Å². The molecule has 0 aliphatic carbocycles. The lowest BCUT2D eigenvalue weighted by atomic mass is 10.1. The van der Waals surface area contributed by atoms with E-state index in [4.69, 9.17) is 0 Å². The van der Waals surface area contributed by atoms with Gasteiger partial charge in [-0.2, -0.15) is 5.10 Å². The van der Waals surface area contributed by atoms with E-state index >= 15 is 0 Å². The number of para-hydroxylation sites is 1. The van der Waals surface area contributed by atoms with Gasteiger partial charge in [-0.25, -0.2) is 4.79 Å². The molecule has 3 aromatic rings. The van der Waals surface area contributed by atoms with Gasteiger partial charge in [0.1, 0.15) is 0 Å². The highest BCUT2D eigenvalue weighted by molar-refractivity contribution is 6.00. The van der Waals surface area contributed by atoms with Gasteiger partial charge in [0.15, 0.2) is 0 Å². The van der Waals surface area contributed by atoms with Crippen LogP contribution in [0.3, 0.4) is 0 Å². The first-order valence-corrected chi connectivity index (χ1v) is 6.94. The van der Waals surface area contributed by atoms with Gasteiger partial charge < -0.3 is 10.6 Å². The molecule has 1 heterocycles. The van der Waals surface area contributed by atoms with Crippen molar-refractivity contribution < 1.29 is 4.79 Å². The fraction of sp³-hybridized carbons (Fsp3) is 0.0588. The second kappa shape index (κ2) is 6.13. The third kappa shape index (κ3) is 3.32. The highest BCUT2D eigenvalue weighted by Gasteiger charge is 2.05. The van der Waals surface area contributed by atoms with Gasteiger partial charge in [0.05, 0.1) is 5.69 Å². The summed E-state index contributed by atoms with van der Waals surface area (Å²) in [6.07, 6.45) is 1.89. The quantitative estimate of drug-likeness (QED) is 0.772. The van der Waals surface area contributed by atoms with Crippen molar-refractivity contribution in [2.24, 2.45) is 7.05 Å². The first kappa shape index (κ1) is 13.9. The fourth-order valence-electron chi connectivity index (χ4n) is 2.14. The highest BCUT2D eigenvalue weighted by Crippen LogP contribution is 2.21. The number of benzene rings is 2. The lowest BCUT2D eigenvalue weighted by Gasteiger charge is -2.08. The smallest absolute Gasteiger partial charge is 0.308 e. The summed E-state index contributed by atoms with van der Waals surface area (Å²) in [5, 5.41) is 9.96. The molecular formula is C17H16N4O. The number of hydrogen-bond donors (Lipinski definition) is 2. The Morgan fingerprint density at radius 1 is 0.955 bits per heavy atom. The molecule has 0 bridgehead atoms. The zero-order chi connectivity index (χ0) is 15.4. The molecule has 5 heteroatoms. The summed E-state index contributed by atoms with van der Waals surface area (Å²) >= 11 is 0. The average Bonchev–Trinajstić information content (AvgIpc) is 2.95. The molecule has 0 radical (unpaired) electrons. The molecule has 5 nitrogen and oxygen atoms in total. The number of carbonyl (C=O) groups is 1. The van der Waals surface area contributed by atoms with Crippen LogP contribution in [0.25, 0.3) is 11.3 Å². The molecule has 0 aliphatic rings. The molecule has 0 atom stereocenters. The summed E-state index contributed by atoms with van der Waals surface area (Å²) in [5.74, 6) is 0. The van der Waals surface area contributed by atoms with Crippen molar-refractivity contribution in [3.63, 3.8) is 0 Å². The van der Waals surface area contributed by atoms with Crippen LogP contribution in [0.5, 0.6) is 0 Å². The standard InChI is InChI=1S/C17H16N4O/c1-21-11-10-16(20-21)13-6-5-9-15(12-13)19-17(22)18-14-7-3-2-4-8-14/h2-12H,1H3,(H2,18,19,22). The maximum Gasteiger partial charge on any atom is 0.323 e. The first-order valence-electron chi connectivity index (χ1n) is 6.94. The van der Waals surface area contributed by atoms with E-state index < -0.39 is 0 Å². The molecule has 3 rings (SSSR count). The number of aryl methyl sites for hydroxylation is 1. The van der Waals surface area contributed by atoms with Gasteiger partial charge in [-0.3, -0.25) is 4.68 Å². The van der Waals surface area contributed by atoms with E-state index in [0.717, 1.165) is 22.6 Å². The maximum atomic E-state index is 12.0. The van der Waals surface area contributed by atoms with Crippen LogP contribution in [0.1, 0.15) is 0 Å². The number of urea groups is 1. The number of nitrogens with one attached hydrogen (secondary N) is 2. The van der Waals surface area contributed by atoms with Crippen LogP contribution in [-0.4, -0.2) is 15.8 Å². The second-order valence-electron chi connectivity index (χ2n) is 4.90. The van der Waals surface area contributed by atoms with Crippen molar-refractivity contribution in [3.05, 3.63) is 66.9 Å². The molecule has 0 saturated heterocycles.